The Balaban J connectivity index is 1.72. The number of furan rings is 1. The molecule has 0 bridgehead atoms. The zero-order valence-corrected chi connectivity index (χ0v) is 15.6. The molecule has 6 nitrogen and oxygen atoms in total. The molecule has 0 saturated carbocycles. The summed E-state index contributed by atoms with van der Waals surface area (Å²) in [5.74, 6) is -0.385. The van der Waals surface area contributed by atoms with Gasteiger partial charge in [0.05, 0.1) is 7.11 Å². The number of nitrogens with one attached hydrogen (secondary N) is 2. The van der Waals surface area contributed by atoms with Crippen molar-refractivity contribution in [2.24, 2.45) is 0 Å². The standard InChI is InChI=1S/C19H17BrN2O4/c1-25-19(24)16(10-12-11-21-15-5-3-2-4-14(12)15)22-18(23)9-7-13-6-8-17(20)26-13/h2-9,11,16,21H,10H2,1H3,(H,22,23)/b9-7+/t16-/m1/s1. The summed E-state index contributed by atoms with van der Waals surface area (Å²) in [6.07, 6.45) is 5.00. The Morgan fingerprint density at radius 1 is 1.31 bits per heavy atom. The van der Waals surface area contributed by atoms with E-state index in [-0.39, 0.29) is 0 Å². The number of ether oxygens (including phenoxy) is 1. The van der Waals surface area contributed by atoms with Crippen LogP contribution in [0.2, 0.25) is 0 Å². The molecule has 2 heterocycles. The Morgan fingerprint density at radius 3 is 2.85 bits per heavy atom. The fourth-order valence-corrected chi connectivity index (χ4v) is 2.97. The van der Waals surface area contributed by atoms with Crippen LogP contribution in [0.1, 0.15) is 11.3 Å². The van der Waals surface area contributed by atoms with Crippen molar-refractivity contribution in [3.63, 3.8) is 0 Å². The fourth-order valence-electron chi connectivity index (χ4n) is 2.65. The Hall–Kier alpha value is -2.80. The lowest BCUT2D eigenvalue weighted by Crippen LogP contribution is -2.42. The van der Waals surface area contributed by atoms with E-state index in [2.05, 4.69) is 26.2 Å². The van der Waals surface area contributed by atoms with E-state index < -0.39 is 17.9 Å². The van der Waals surface area contributed by atoms with Gasteiger partial charge in [0.2, 0.25) is 5.91 Å². The Kier molecular flexibility index (Phi) is 5.58. The highest BCUT2D eigenvalue weighted by molar-refractivity contribution is 9.10. The largest absolute Gasteiger partial charge is 0.467 e. The van der Waals surface area contributed by atoms with E-state index in [1.54, 1.807) is 12.1 Å². The molecule has 134 valence electrons. The van der Waals surface area contributed by atoms with Gasteiger partial charge in [0, 0.05) is 29.6 Å². The number of carbonyl (C=O) groups excluding carboxylic acids is 2. The van der Waals surface area contributed by atoms with E-state index >= 15 is 0 Å². The van der Waals surface area contributed by atoms with Gasteiger partial charge in [-0.1, -0.05) is 18.2 Å². The summed E-state index contributed by atoms with van der Waals surface area (Å²) < 4.78 is 10.7. The van der Waals surface area contributed by atoms with E-state index in [0.29, 0.717) is 16.9 Å². The number of aromatic amines is 1. The second kappa shape index (κ2) is 8.05. The number of benzene rings is 1. The first kappa shape index (κ1) is 18.0. The molecule has 0 fully saturated rings. The monoisotopic (exact) mass is 416 g/mol. The lowest BCUT2D eigenvalue weighted by molar-refractivity contribution is -0.144. The zero-order valence-electron chi connectivity index (χ0n) is 14.0. The summed E-state index contributed by atoms with van der Waals surface area (Å²) in [4.78, 5) is 27.4. The van der Waals surface area contributed by atoms with Gasteiger partial charge >= 0.3 is 5.97 Å². The topological polar surface area (TPSA) is 84.3 Å². The van der Waals surface area contributed by atoms with Crippen molar-refractivity contribution in [2.75, 3.05) is 7.11 Å². The Labute approximate surface area is 158 Å². The number of carbonyl (C=O) groups is 2. The molecule has 0 unspecified atom stereocenters. The number of methoxy groups -OCH3 is 1. The lowest BCUT2D eigenvalue weighted by Gasteiger charge is -2.15. The molecule has 1 atom stereocenters. The number of fused-ring (bicyclic) bond motifs is 1. The van der Waals surface area contributed by atoms with E-state index in [1.165, 1.54) is 19.3 Å². The number of hydrogen-bond donors (Lipinski definition) is 2. The van der Waals surface area contributed by atoms with Crippen LogP contribution in [-0.4, -0.2) is 30.0 Å². The number of rotatable bonds is 6. The van der Waals surface area contributed by atoms with Crippen LogP contribution in [0.15, 0.2) is 57.8 Å². The molecule has 1 aromatic carbocycles. The van der Waals surface area contributed by atoms with E-state index in [9.17, 15) is 9.59 Å². The molecule has 0 aliphatic carbocycles. The van der Waals surface area contributed by atoms with Gasteiger partial charge in [-0.25, -0.2) is 4.79 Å². The number of aromatic nitrogens is 1. The van der Waals surface area contributed by atoms with Crippen molar-refractivity contribution < 1.29 is 18.7 Å². The third-order valence-corrected chi connectivity index (χ3v) is 4.32. The van der Waals surface area contributed by atoms with Gasteiger partial charge < -0.3 is 19.5 Å². The average Bonchev–Trinajstić information content (AvgIpc) is 3.25. The highest BCUT2D eigenvalue weighted by Gasteiger charge is 2.22. The molecule has 7 heteroatoms. The van der Waals surface area contributed by atoms with Crippen molar-refractivity contribution in [2.45, 2.75) is 12.5 Å². The molecule has 2 N–H and O–H groups in total. The van der Waals surface area contributed by atoms with Crippen LogP contribution in [-0.2, 0) is 20.7 Å². The number of H-pyrrole nitrogens is 1. The van der Waals surface area contributed by atoms with Crippen molar-refractivity contribution in [1.29, 1.82) is 0 Å². The highest BCUT2D eigenvalue weighted by atomic mass is 79.9. The predicted molar refractivity (Wildman–Crippen MR) is 101 cm³/mol. The summed E-state index contributed by atoms with van der Waals surface area (Å²) in [7, 11) is 1.30. The predicted octanol–water partition coefficient (Wildman–Crippen LogP) is 3.44. The number of halogens is 1. The molecule has 2 aromatic heterocycles. The maximum Gasteiger partial charge on any atom is 0.328 e. The molecule has 1 amide bonds. The quantitative estimate of drug-likeness (QED) is 0.476. The van der Waals surface area contributed by atoms with Crippen LogP contribution < -0.4 is 5.32 Å². The molecule has 3 aromatic rings. The van der Waals surface area contributed by atoms with Crippen molar-refractivity contribution in [1.82, 2.24) is 10.3 Å². The molecule has 3 rings (SSSR count). The Morgan fingerprint density at radius 2 is 2.12 bits per heavy atom. The first-order valence-corrected chi connectivity index (χ1v) is 8.73. The smallest absolute Gasteiger partial charge is 0.328 e. The molecule has 0 radical (unpaired) electrons. The van der Waals surface area contributed by atoms with Gasteiger partial charge in [0.25, 0.3) is 0 Å². The summed E-state index contributed by atoms with van der Waals surface area (Å²) in [5.41, 5.74) is 1.90. The highest BCUT2D eigenvalue weighted by Crippen LogP contribution is 2.19. The number of amides is 1. The van der Waals surface area contributed by atoms with Gasteiger partial charge in [0.1, 0.15) is 11.8 Å². The second-order valence-corrected chi connectivity index (χ2v) is 6.40. The summed E-state index contributed by atoms with van der Waals surface area (Å²) in [5, 5.41) is 3.69. The normalized spacial score (nSPS) is 12.4. The second-order valence-electron chi connectivity index (χ2n) is 5.62. The van der Waals surface area contributed by atoms with Crippen LogP contribution in [0, 0.1) is 0 Å². The number of esters is 1. The zero-order chi connectivity index (χ0) is 18.5. The van der Waals surface area contributed by atoms with Crippen LogP contribution in [0.5, 0.6) is 0 Å². The number of para-hydroxylation sites is 1. The maximum atomic E-state index is 12.2. The third kappa shape index (κ3) is 4.23. The minimum Gasteiger partial charge on any atom is -0.467 e. The third-order valence-electron chi connectivity index (χ3n) is 3.89. The van der Waals surface area contributed by atoms with E-state index in [4.69, 9.17) is 9.15 Å². The van der Waals surface area contributed by atoms with Crippen molar-refractivity contribution in [3.8, 4) is 0 Å². The van der Waals surface area contributed by atoms with Crippen LogP contribution >= 0.6 is 15.9 Å². The van der Waals surface area contributed by atoms with Crippen LogP contribution in [0.4, 0.5) is 0 Å². The van der Waals surface area contributed by atoms with Gasteiger partial charge in [-0.2, -0.15) is 0 Å². The summed E-state index contributed by atoms with van der Waals surface area (Å²) in [6, 6.07) is 10.4. The molecule has 0 aliphatic heterocycles. The SMILES string of the molecule is COC(=O)[C@@H](Cc1c[nH]c2ccccc12)NC(=O)/C=C/c1ccc(Br)o1. The lowest BCUT2D eigenvalue weighted by atomic mass is 10.0. The molecular weight excluding hydrogens is 400 g/mol. The first-order valence-electron chi connectivity index (χ1n) is 7.93. The van der Waals surface area contributed by atoms with Crippen molar-refractivity contribution >= 4 is 44.8 Å². The average molecular weight is 417 g/mol. The van der Waals surface area contributed by atoms with Gasteiger partial charge in [-0.3, -0.25) is 4.79 Å². The van der Waals surface area contributed by atoms with Crippen molar-refractivity contribution in [3.05, 3.63) is 64.7 Å². The summed E-state index contributed by atoms with van der Waals surface area (Å²) in [6.45, 7) is 0. The van der Waals surface area contributed by atoms with Gasteiger partial charge in [0.15, 0.2) is 4.67 Å². The molecule has 0 spiro atoms. The Bertz CT molecular complexity index is 957. The number of hydrogen-bond acceptors (Lipinski definition) is 4. The van der Waals surface area contributed by atoms with E-state index in [1.807, 2.05) is 30.5 Å². The molecule has 0 aliphatic rings. The van der Waals surface area contributed by atoms with E-state index in [0.717, 1.165) is 16.5 Å². The van der Waals surface area contributed by atoms with Gasteiger partial charge in [-0.05, 0) is 45.8 Å². The van der Waals surface area contributed by atoms with Gasteiger partial charge in [-0.15, -0.1) is 0 Å². The maximum absolute atomic E-state index is 12.2. The molecular formula is C19H17BrN2O4. The minimum absolute atomic E-state index is 0.322. The minimum atomic E-state index is -0.792. The fraction of sp³-hybridized carbons (Fsp3) is 0.158. The van der Waals surface area contributed by atoms with Crippen LogP contribution in [0.25, 0.3) is 17.0 Å². The first-order chi connectivity index (χ1) is 12.6. The molecule has 26 heavy (non-hydrogen) atoms. The summed E-state index contributed by atoms with van der Waals surface area (Å²) >= 11 is 3.20. The molecule has 0 saturated heterocycles. The van der Waals surface area contributed by atoms with Crippen LogP contribution in [0.3, 0.4) is 0 Å².